The first-order valence-corrected chi connectivity index (χ1v) is 13.5. The van der Waals surface area contributed by atoms with E-state index in [0.29, 0.717) is 49.8 Å². The van der Waals surface area contributed by atoms with Gasteiger partial charge in [0.1, 0.15) is 5.75 Å². The Kier molecular flexibility index (Phi) is 7.72. The zero-order valence-electron chi connectivity index (χ0n) is 20.6. The molecule has 1 aromatic heterocycles. The standard InChI is InChI=1S/C28H32N4O3S/c1-35-25-13-6-5-8-20(25)18-29-16-14-26(33)31-17-15-24-23(19-31)27(34)32(21-9-3-2-4-10-21)28(30-24)36-22-11-7-12-22/h2-6,8-10,13,22,29H,7,11-12,14-19H2,1H3. The van der Waals surface area contributed by atoms with E-state index in [2.05, 4.69) is 5.32 Å². The summed E-state index contributed by atoms with van der Waals surface area (Å²) < 4.78 is 7.13. The molecule has 0 radical (unpaired) electrons. The van der Waals surface area contributed by atoms with Crippen molar-refractivity contribution in [2.75, 3.05) is 20.2 Å². The van der Waals surface area contributed by atoms with Gasteiger partial charge in [0.05, 0.1) is 30.6 Å². The van der Waals surface area contributed by atoms with E-state index in [0.717, 1.165) is 27.9 Å². The van der Waals surface area contributed by atoms with Crippen LogP contribution in [-0.4, -0.2) is 45.8 Å². The van der Waals surface area contributed by atoms with Gasteiger partial charge in [-0.25, -0.2) is 4.98 Å². The average molecular weight is 505 g/mol. The molecule has 1 saturated carbocycles. The fourth-order valence-electron chi connectivity index (χ4n) is 4.61. The van der Waals surface area contributed by atoms with Gasteiger partial charge < -0.3 is 15.0 Å². The smallest absolute Gasteiger partial charge is 0.264 e. The van der Waals surface area contributed by atoms with Crippen molar-refractivity contribution in [3.63, 3.8) is 0 Å². The van der Waals surface area contributed by atoms with E-state index in [9.17, 15) is 9.59 Å². The number of amides is 1. The number of carbonyl (C=O) groups excluding carboxylic acids is 1. The zero-order valence-corrected chi connectivity index (χ0v) is 21.4. The highest BCUT2D eigenvalue weighted by Crippen LogP contribution is 2.36. The molecule has 0 spiro atoms. The van der Waals surface area contributed by atoms with E-state index < -0.39 is 0 Å². The van der Waals surface area contributed by atoms with Crippen LogP contribution in [0.2, 0.25) is 0 Å². The van der Waals surface area contributed by atoms with Crippen LogP contribution in [0.1, 0.15) is 42.5 Å². The maximum Gasteiger partial charge on any atom is 0.264 e. The maximum absolute atomic E-state index is 13.7. The second-order valence-corrected chi connectivity index (χ2v) is 10.5. The number of carbonyl (C=O) groups is 1. The third-order valence-electron chi connectivity index (χ3n) is 6.91. The molecule has 8 heteroatoms. The van der Waals surface area contributed by atoms with E-state index in [-0.39, 0.29) is 11.5 Å². The van der Waals surface area contributed by atoms with Crippen LogP contribution >= 0.6 is 11.8 Å². The van der Waals surface area contributed by atoms with E-state index in [1.807, 2.05) is 54.6 Å². The van der Waals surface area contributed by atoms with E-state index in [1.165, 1.54) is 19.3 Å². The molecular weight excluding hydrogens is 472 g/mol. The van der Waals surface area contributed by atoms with Crippen molar-refractivity contribution in [2.45, 2.75) is 55.6 Å². The molecule has 1 aliphatic carbocycles. The number of benzene rings is 2. The summed E-state index contributed by atoms with van der Waals surface area (Å²) in [7, 11) is 1.66. The number of ether oxygens (including phenoxy) is 1. The molecule has 2 aromatic carbocycles. The Morgan fingerprint density at radius 1 is 1.14 bits per heavy atom. The van der Waals surface area contributed by atoms with Crippen LogP contribution in [0.5, 0.6) is 5.75 Å². The van der Waals surface area contributed by atoms with Gasteiger partial charge in [0.2, 0.25) is 5.91 Å². The van der Waals surface area contributed by atoms with E-state index in [4.69, 9.17) is 9.72 Å². The highest BCUT2D eigenvalue weighted by Gasteiger charge is 2.28. The minimum atomic E-state index is -0.0557. The zero-order chi connectivity index (χ0) is 24.9. The monoisotopic (exact) mass is 504 g/mol. The molecule has 2 aliphatic rings. The lowest BCUT2D eigenvalue weighted by Crippen LogP contribution is -2.42. The summed E-state index contributed by atoms with van der Waals surface area (Å²) in [6.07, 6.45) is 4.56. The number of fused-ring (bicyclic) bond motifs is 1. The Morgan fingerprint density at radius 2 is 1.92 bits per heavy atom. The number of nitrogens with zero attached hydrogens (tertiary/aromatic N) is 3. The SMILES string of the molecule is COc1ccccc1CNCCC(=O)N1CCc2nc(SC3CCC3)n(-c3ccccc3)c(=O)c2C1. The summed E-state index contributed by atoms with van der Waals surface area (Å²) in [4.78, 5) is 33.5. The van der Waals surface area contributed by atoms with Crippen molar-refractivity contribution in [1.29, 1.82) is 0 Å². The predicted octanol–water partition coefficient (Wildman–Crippen LogP) is 3.95. The first-order chi connectivity index (χ1) is 17.6. The van der Waals surface area contributed by atoms with Gasteiger partial charge in [0.25, 0.3) is 5.56 Å². The van der Waals surface area contributed by atoms with Gasteiger partial charge in [-0.05, 0) is 31.0 Å². The summed E-state index contributed by atoms with van der Waals surface area (Å²) in [5.74, 6) is 0.882. The van der Waals surface area contributed by atoms with Crippen LogP contribution in [0.15, 0.2) is 64.5 Å². The summed E-state index contributed by atoms with van der Waals surface area (Å²) >= 11 is 1.71. The number of para-hydroxylation sites is 2. The molecular formula is C28H32N4O3S. The largest absolute Gasteiger partial charge is 0.496 e. The minimum Gasteiger partial charge on any atom is -0.496 e. The Balaban J connectivity index is 1.28. The highest BCUT2D eigenvalue weighted by molar-refractivity contribution is 7.99. The number of methoxy groups -OCH3 is 1. The number of rotatable bonds is 9. The average Bonchev–Trinajstić information content (AvgIpc) is 2.89. The molecule has 1 amide bonds. The highest BCUT2D eigenvalue weighted by atomic mass is 32.2. The van der Waals surface area contributed by atoms with Crippen LogP contribution in [0.4, 0.5) is 0 Å². The second-order valence-electron chi connectivity index (χ2n) is 9.27. The Morgan fingerprint density at radius 3 is 2.67 bits per heavy atom. The van der Waals surface area contributed by atoms with Gasteiger partial charge in [-0.2, -0.15) is 0 Å². The van der Waals surface area contributed by atoms with E-state index in [1.54, 1.807) is 28.3 Å². The van der Waals surface area contributed by atoms with Gasteiger partial charge in [0.15, 0.2) is 5.16 Å². The first kappa shape index (κ1) is 24.6. The van der Waals surface area contributed by atoms with Crippen LogP contribution in [0, 0.1) is 0 Å². The van der Waals surface area contributed by atoms with Crippen LogP contribution in [0.25, 0.3) is 5.69 Å². The van der Waals surface area contributed by atoms with E-state index >= 15 is 0 Å². The summed E-state index contributed by atoms with van der Waals surface area (Å²) in [6, 6.07) is 17.6. The molecule has 0 unspecified atom stereocenters. The Bertz CT molecular complexity index is 1270. The molecule has 1 aliphatic heterocycles. The lowest BCUT2D eigenvalue weighted by atomic mass is 10.0. The summed E-state index contributed by atoms with van der Waals surface area (Å²) in [5, 5.41) is 4.63. The number of hydrogen-bond acceptors (Lipinski definition) is 6. The fraction of sp³-hybridized carbons (Fsp3) is 0.393. The molecule has 1 N–H and O–H groups in total. The molecule has 0 bridgehead atoms. The topological polar surface area (TPSA) is 76.5 Å². The van der Waals surface area contributed by atoms with Gasteiger partial charge in [-0.3, -0.25) is 14.2 Å². The molecule has 188 valence electrons. The molecule has 1 fully saturated rings. The molecule has 7 nitrogen and oxygen atoms in total. The fourth-order valence-corrected chi connectivity index (χ4v) is 5.94. The minimum absolute atomic E-state index is 0.0479. The number of nitrogens with one attached hydrogen (secondary N) is 1. The molecule has 3 aromatic rings. The number of aromatic nitrogens is 2. The van der Waals surface area contributed by atoms with Crippen LogP contribution in [0.3, 0.4) is 0 Å². The molecule has 2 heterocycles. The van der Waals surface area contributed by atoms with Gasteiger partial charge in [-0.15, -0.1) is 0 Å². The lowest BCUT2D eigenvalue weighted by molar-refractivity contribution is -0.132. The molecule has 0 atom stereocenters. The van der Waals surface area contributed by atoms with Crippen molar-refractivity contribution in [1.82, 2.24) is 19.8 Å². The lowest BCUT2D eigenvalue weighted by Gasteiger charge is -2.30. The Hall–Kier alpha value is -3.10. The van der Waals surface area contributed by atoms with Crippen molar-refractivity contribution in [3.8, 4) is 11.4 Å². The van der Waals surface area contributed by atoms with Crippen molar-refractivity contribution in [3.05, 3.63) is 81.8 Å². The quantitative estimate of drug-likeness (QED) is 0.351. The van der Waals surface area contributed by atoms with Gasteiger partial charge in [-0.1, -0.05) is 54.6 Å². The van der Waals surface area contributed by atoms with Gasteiger partial charge >= 0.3 is 0 Å². The second kappa shape index (κ2) is 11.3. The Labute approximate surface area is 215 Å². The number of hydrogen-bond donors (Lipinski definition) is 1. The molecule has 36 heavy (non-hydrogen) atoms. The van der Waals surface area contributed by atoms with Crippen LogP contribution < -0.4 is 15.6 Å². The summed E-state index contributed by atoms with van der Waals surface area (Å²) in [5.41, 5.74) is 3.30. The summed E-state index contributed by atoms with van der Waals surface area (Å²) in [6.45, 7) is 2.10. The molecule has 5 rings (SSSR count). The van der Waals surface area contributed by atoms with Crippen LogP contribution in [-0.2, 0) is 24.3 Å². The first-order valence-electron chi connectivity index (χ1n) is 12.6. The number of thioether (sulfide) groups is 1. The van der Waals surface area contributed by atoms with Crippen molar-refractivity contribution in [2.24, 2.45) is 0 Å². The van der Waals surface area contributed by atoms with Crippen molar-refractivity contribution >= 4 is 17.7 Å². The normalized spacial score (nSPS) is 15.3. The molecule has 0 saturated heterocycles. The maximum atomic E-state index is 13.7. The predicted molar refractivity (Wildman–Crippen MR) is 142 cm³/mol. The van der Waals surface area contributed by atoms with Crippen molar-refractivity contribution < 1.29 is 9.53 Å². The third kappa shape index (κ3) is 5.34. The van der Waals surface area contributed by atoms with Gasteiger partial charge in [0, 0.05) is 43.3 Å². The third-order valence-corrected chi connectivity index (χ3v) is 8.20.